The summed E-state index contributed by atoms with van der Waals surface area (Å²) in [7, 11) is -3.37. The highest BCUT2D eigenvalue weighted by atomic mass is 32.2. The number of hydrogen-bond acceptors (Lipinski definition) is 4. The number of nitrogens with one attached hydrogen (secondary N) is 3. The molecular weight excluding hydrogens is 354 g/mol. The molecule has 7 nitrogen and oxygen atoms in total. The minimum atomic E-state index is -3.37. The van der Waals surface area contributed by atoms with Gasteiger partial charge in [-0.3, -0.25) is 14.3 Å². The van der Waals surface area contributed by atoms with Gasteiger partial charge >= 0.3 is 0 Å². The van der Waals surface area contributed by atoms with Gasteiger partial charge in [-0.25, -0.2) is 8.42 Å². The number of amides is 1. The van der Waals surface area contributed by atoms with Crippen LogP contribution in [0.5, 0.6) is 0 Å². The van der Waals surface area contributed by atoms with Crippen molar-refractivity contribution in [1.82, 2.24) is 10.3 Å². The lowest BCUT2D eigenvalue weighted by atomic mass is 10.1. The number of aromatic amines is 1. The highest BCUT2D eigenvalue weighted by molar-refractivity contribution is 7.92. The summed E-state index contributed by atoms with van der Waals surface area (Å²) >= 11 is 0. The van der Waals surface area contributed by atoms with Crippen LogP contribution < -0.4 is 15.6 Å². The number of rotatable bonds is 5. The monoisotopic (exact) mass is 371 g/mol. The van der Waals surface area contributed by atoms with Crippen molar-refractivity contribution >= 4 is 32.5 Å². The standard InChI is InChI=1S/C18H17N3O4S/c1-26(24,25)21-13-6-4-5-12(9-13)11-19-18(23)15-10-17(22)20-16-8-3-2-7-14(15)16/h2-10,21H,11H2,1H3,(H,19,23)(H,20,22). The number of benzene rings is 2. The molecule has 3 aromatic rings. The first-order chi connectivity index (χ1) is 12.3. The molecule has 0 saturated carbocycles. The SMILES string of the molecule is CS(=O)(=O)Nc1cccc(CNC(=O)c2cc(=O)[nH]c3ccccc23)c1. The fourth-order valence-electron chi connectivity index (χ4n) is 2.63. The zero-order valence-electron chi connectivity index (χ0n) is 13.9. The third kappa shape index (κ3) is 4.28. The second-order valence-electron chi connectivity index (χ2n) is 5.85. The lowest BCUT2D eigenvalue weighted by Crippen LogP contribution is -2.25. The summed E-state index contributed by atoms with van der Waals surface area (Å²) in [5.74, 6) is -0.381. The molecule has 1 amide bonds. The normalized spacial score (nSPS) is 11.3. The Kier molecular flexibility index (Phi) is 4.77. The molecule has 0 spiro atoms. The Morgan fingerprint density at radius 2 is 1.85 bits per heavy atom. The number of H-pyrrole nitrogens is 1. The Balaban J connectivity index is 1.80. The van der Waals surface area contributed by atoms with Gasteiger partial charge in [-0.1, -0.05) is 30.3 Å². The second kappa shape index (κ2) is 7.01. The minimum Gasteiger partial charge on any atom is -0.348 e. The van der Waals surface area contributed by atoms with E-state index < -0.39 is 10.0 Å². The van der Waals surface area contributed by atoms with Gasteiger partial charge < -0.3 is 10.3 Å². The lowest BCUT2D eigenvalue weighted by molar-refractivity contribution is 0.0952. The van der Waals surface area contributed by atoms with E-state index in [4.69, 9.17) is 0 Å². The van der Waals surface area contributed by atoms with Crippen molar-refractivity contribution < 1.29 is 13.2 Å². The number of anilines is 1. The van der Waals surface area contributed by atoms with E-state index in [-0.39, 0.29) is 23.6 Å². The predicted molar refractivity (Wildman–Crippen MR) is 101 cm³/mol. The van der Waals surface area contributed by atoms with E-state index in [0.29, 0.717) is 16.6 Å². The second-order valence-corrected chi connectivity index (χ2v) is 7.60. The van der Waals surface area contributed by atoms with Crippen LogP contribution in [0.15, 0.2) is 59.4 Å². The van der Waals surface area contributed by atoms with Crippen molar-refractivity contribution in [3.05, 3.63) is 76.1 Å². The van der Waals surface area contributed by atoms with Crippen molar-refractivity contribution in [1.29, 1.82) is 0 Å². The van der Waals surface area contributed by atoms with E-state index >= 15 is 0 Å². The maximum atomic E-state index is 12.5. The summed E-state index contributed by atoms with van der Waals surface area (Å²) in [6.45, 7) is 0.194. The number of aromatic nitrogens is 1. The third-order valence-corrected chi connectivity index (χ3v) is 4.28. The molecule has 0 aliphatic rings. The molecule has 1 heterocycles. The largest absolute Gasteiger partial charge is 0.348 e. The number of pyridine rings is 1. The van der Waals surface area contributed by atoms with E-state index in [1.54, 1.807) is 48.5 Å². The molecular formula is C18H17N3O4S. The van der Waals surface area contributed by atoms with Crippen LogP contribution in [0, 0.1) is 0 Å². The average molecular weight is 371 g/mol. The number of hydrogen-bond donors (Lipinski definition) is 3. The van der Waals surface area contributed by atoms with Crippen LogP contribution in [-0.2, 0) is 16.6 Å². The van der Waals surface area contributed by atoms with Gasteiger partial charge in [-0.15, -0.1) is 0 Å². The first kappa shape index (κ1) is 17.7. The molecule has 134 valence electrons. The lowest BCUT2D eigenvalue weighted by Gasteiger charge is -2.09. The first-order valence-corrected chi connectivity index (χ1v) is 9.68. The number of fused-ring (bicyclic) bond motifs is 1. The van der Waals surface area contributed by atoms with Crippen LogP contribution in [0.2, 0.25) is 0 Å². The van der Waals surface area contributed by atoms with Crippen LogP contribution in [-0.4, -0.2) is 25.6 Å². The Morgan fingerprint density at radius 1 is 1.08 bits per heavy atom. The Labute approximate surface area is 150 Å². The maximum absolute atomic E-state index is 12.5. The zero-order chi connectivity index (χ0) is 18.7. The highest BCUT2D eigenvalue weighted by Crippen LogP contribution is 2.15. The molecule has 0 unspecified atom stereocenters. The van der Waals surface area contributed by atoms with Gasteiger partial charge in [0, 0.05) is 29.2 Å². The molecule has 0 fully saturated rings. The molecule has 2 aromatic carbocycles. The molecule has 26 heavy (non-hydrogen) atoms. The minimum absolute atomic E-state index is 0.194. The number of para-hydroxylation sites is 1. The van der Waals surface area contributed by atoms with Crippen molar-refractivity contribution in [2.75, 3.05) is 11.0 Å². The van der Waals surface area contributed by atoms with E-state index in [9.17, 15) is 18.0 Å². The van der Waals surface area contributed by atoms with Crippen molar-refractivity contribution in [2.24, 2.45) is 0 Å². The molecule has 0 saturated heterocycles. The molecule has 3 N–H and O–H groups in total. The maximum Gasteiger partial charge on any atom is 0.252 e. The van der Waals surface area contributed by atoms with Crippen molar-refractivity contribution in [2.45, 2.75) is 6.54 Å². The quantitative estimate of drug-likeness (QED) is 0.636. The highest BCUT2D eigenvalue weighted by Gasteiger charge is 2.11. The molecule has 8 heteroatoms. The van der Waals surface area contributed by atoms with E-state index in [1.165, 1.54) is 6.07 Å². The molecule has 0 bridgehead atoms. The van der Waals surface area contributed by atoms with E-state index in [2.05, 4.69) is 15.0 Å². The summed E-state index contributed by atoms with van der Waals surface area (Å²) in [4.78, 5) is 27.0. The van der Waals surface area contributed by atoms with Gasteiger partial charge in [0.15, 0.2) is 0 Å². The van der Waals surface area contributed by atoms with Crippen LogP contribution in [0.4, 0.5) is 5.69 Å². The first-order valence-electron chi connectivity index (χ1n) is 7.79. The molecule has 0 aliphatic heterocycles. The molecule has 0 aliphatic carbocycles. The Morgan fingerprint density at radius 3 is 2.62 bits per heavy atom. The molecule has 3 rings (SSSR count). The third-order valence-electron chi connectivity index (χ3n) is 3.68. The number of sulfonamides is 1. The van der Waals surface area contributed by atoms with Crippen LogP contribution >= 0.6 is 0 Å². The van der Waals surface area contributed by atoms with Crippen molar-refractivity contribution in [3.63, 3.8) is 0 Å². The van der Waals surface area contributed by atoms with Crippen LogP contribution in [0.1, 0.15) is 15.9 Å². The van der Waals surface area contributed by atoms with Gasteiger partial charge in [-0.2, -0.15) is 0 Å². The zero-order valence-corrected chi connectivity index (χ0v) is 14.8. The number of carbonyl (C=O) groups is 1. The summed E-state index contributed by atoms with van der Waals surface area (Å²) in [6.07, 6.45) is 1.07. The van der Waals surface area contributed by atoms with Gasteiger partial charge in [-0.05, 0) is 23.8 Å². The van der Waals surface area contributed by atoms with E-state index in [1.807, 2.05) is 0 Å². The smallest absolute Gasteiger partial charge is 0.252 e. The summed E-state index contributed by atoms with van der Waals surface area (Å²) < 4.78 is 25.0. The van der Waals surface area contributed by atoms with Crippen LogP contribution in [0.3, 0.4) is 0 Å². The topological polar surface area (TPSA) is 108 Å². The molecule has 1 aromatic heterocycles. The Hall–Kier alpha value is -3.13. The summed E-state index contributed by atoms with van der Waals surface area (Å²) in [6, 6.07) is 15.0. The van der Waals surface area contributed by atoms with E-state index in [0.717, 1.165) is 11.8 Å². The molecule has 0 radical (unpaired) electrons. The summed E-state index contributed by atoms with van der Waals surface area (Å²) in [5.41, 5.74) is 1.66. The van der Waals surface area contributed by atoms with Crippen LogP contribution in [0.25, 0.3) is 10.9 Å². The molecule has 0 atom stereocenters. The van der Waals surface area contributed by atoms with Crippen molar-refractivity contribution in [3.8, 4) is 0 Å². The fourth-order valence-corrected chi connectivity index (χ4v) is 3.18. The number of carbonyl (C=O) groups excluding carboxylic acids is 1. The predicted octanol–water partition coefficient (Wildman–Crippen LogP) is 1.83. The van der Waals surface area contributed by atoms with Gasteiger partial charge in [0.25, 0.3) is 5.91 Å². The van der Waals surface area contributed by atoms with Gasteiger partial charge in [0.2, 0.25) is 15.6 Å². The average Bonchev–Trinajstić information content (AvgIpc) is 2.57. The summed E-state index contributed by atoms with van der Waals surface area (Å²) in [5, 5.41) is 3.41. The fraction of sp³-hybridized carbons (Fsp3) is 0.111. The van der Waals surface area contributed by atoms with Gasteiger partial charge in [0.05, 0.1) is 11.8 Å². The van der Waals surface area contributed by atoms with Gasteiger partial charge in [0.1, 0.15) is 0 Å². The Bertz CT molecular complexity index is 1140.